The molecule has 0 aromatic carbocycles. The lowest BCUT2D eigenvalue weighted by molar-refractivity contribution is -0.385. The molecule has 1 N–H and O–H groups in total. The lowest BCUT2D eigenvalue weighted by Gasteiger charge is -2.28. The van der Waals surface area contributed by atoms with Crippen LogP contribution in [-0.4, -0.2) is 33.7 Å². The van der Waals surface area contributed by atoms with E-state index in [9.17, 15) is 15.2 Å². The molecule has 1 aromatic heterocycles. The first-order valence-electron chi connectivity index (χ1n) is 5.81. The normalized spacial score (nSPS) is 10.9. The van der Waals surface area contributed by atoms with Crippen LogP contribution in [0, 0.1) is 21.4 Å². The number of nitro groups is 1. The molecule has 7 heteroatoms. The van der Waals surface area contributed by atoms with Crippen molar-refractivity contribution < 1.29 is 10.0 Å². The molecule has 0 aliphatic heterocycles. The van der Waals surface area contributed by atoms with E-state index in [0.29, 0.717) is 18.9 Å². The Bertz CT molecular complexity index is 517. The van der Waals surface area contributed by atoms with Crippen molar-refractivity contribution in [1.82, 2.24) is 4.98 Å². The molecule has 0 spiro atoms. The van der Waals surface area contributed by atoms with E-state index in [1.165, 1.54) is 12.1 Å². The molecule has 0 bridgehead atoms. The molecule has 1 heterocycles. The number of pyridine rings is 1. The Balaban J connectivity index is 3.14. The molecule has 0 saturated carbocycles. The number of nitriles is 1. The number of anilines is 1. The summed E-state index contributed by atoms with van der Waals surface area (Å²) >= 11 is 0. The van der Waals surface area contributed by atoms with Gasteiger partial charge >= 0.3 is 5.69 Å². The predicted octanol–water partition coefficient (Wildman–Crippen LogP) is 1.46. The molecule has 0 aliphatic carbocycles. The molecule has 1 rings (SSSR count). The highest BCUT2D eigenvalue weighted by Crippen LogP contribution is 2.21. The number of aliphatic hydroxyl groups is 1. The summed E-state index contributed by atoms with van der Waals surface area (Å²) in [7, 11) is 0. The van der Waals surface area contributed by atoms with Crippen molar-refractivity contribution in [3.8, 4) is 6.07 Å². The minimum atomic E-state index is -0.924. The van der Waals surface area contributed by atoms with E-state index in [0.717, 1.165) is 0 Å². The summed E-state index contributed by atoms with van der Waals surface area (Å²) < 4.78 is 0. The standard InChI is InChI=1S/C12H16N4O3/c1-4-15(8-12(2,3)17)11-6-5-10(16(18)19)9(7-13)14-11/h5-6,17H,4,8H2,1-3H3. The van der Waals surface area contributed by atoms with Crippen LogP contribution in [0.5, 0.6) is 0 Å². The fraction of sp³-hybridized carbons (Fsp3) is 0.500. The second-order valence-electron chi connectivity index (χ2n) is 4.73. The third kappa shape index (κ3) is 3.89. The number of likely N-dealkylation sites (N-methyl/N-ethyl adjacent to an activating group) is 1. The van der Waals surface area contributed by atoms with Crippen molar-refractivity contribution in [2.45, 2.75) is 26.4 Å². The largest absolute Gasteiger partial charge is 0.389 e. The van der Waals surface area contributed by atoms with E-state index < -0.39 is 10.5 Å². The number of nitrogens with zero attached hydrogens (tertiary/aromatic N) is 4. The van der Waals surface area contributed by atoms with Crippen molar-refractivity contribution in [3.63, 3.8) is 0 Å². The van der Waals surface area contributed by atoms with Crippen LogP contribution in [0.4, 0.5) is 11.5 Å². The van der Waals surface area contributed by atoms with Crippen molar-refractivity contribution >= 4 is 11.5 Å². The minimum absolute atomic E-state index is 0.225. The zero-order valence-electron chi connectivity index (χ0n) is 11.1. The van der Waals surface area contributed by atoms with Gasteiger partial charge in [0.1, 0.15) is 11.9 Å². The van der Waals surface area contributed by atoms with Crippen LogP contribution in [0.15, 0.2) is 12.1 Å². The maximum Gasteiger partial charge on any atom is 0.305 e. The number of hydrogen-bond donors (Lipinski definition) is 1. The van der Waals surface area contributed by atoms with Gasteiger partial charge in [0.05, 0.1) is 10.5 Å². The Morgan fingerprint density at radius 3 is 2.63 bits per heavy atom. The fourth-order valence-corrected chi connectivity index (χ4v) is 1.67. The van der Waals surface area contributed by atoms with Gasteiger partial charge in [0.15, 0.2) is 0 Å². The Labute approximate surface area is 111 Å². The van der Waals surface area contributed by atoms with Crippen molar-refractivity contribution in [1.29, 1.82) is 5.26 Å². The van der Waals surface area contributed by atoms with E-state index in [1.807, 2.05) is 6.92 Å². The van der Waals surface area contributed by atoms with E-state index in [1.54, 1.807) is 24.8 Å². The molecular weight excluding hydrogens is 248 g/mol. The molecule has 0 unspecified atom stereocenters. The minimum Gasteiger partial charge on any atom is -0.389 e. The first-order chi connectivity index (χ1) is 8.78. The average molecular weight is 264 g/mol. The maximum atomic E-state index is 10.7. The highest BCUT2D eigenvalue weighted by Gasteiger charge is 2.21. The Morgan fingerprint density at radius 2 is 2.21 bits per heavy atom. The molecule has 0 amide bonds. The van der Waals surface area contributed by atoms with Crippen molar-refractivity contribution in [3.05, 3.63) is 27.9 Å². The van der Waals surface area contributed by atoms with Gasteiger partial charge in [-0.1, -0.05) is 0 Å². The fourth-order valence-electron chi connectivity index (χ4n) is 1.67. The smallest absolute Gasteiger partial charge is 0.305 e. The number of rotatable bonds is 5. The zero-order chi connectivity index (χ0) is 14.6. The Morgan fingerprint density at radius 1 is 1.58 bits per heavy atom. The molecule has 19 heavy (non-hydrogen) atoms. The SMILES string of the molecule is CCN(CC(C)(C)O)c1ccc([N+](=O)[O-])c(C#N)n1. The maximum absolute atomic E-state index is 10.7. The quantitative estimate of drug-likeness (QED) is 0.637. The third-order valence-corrected chi connectivity index (χ3v) is 2.45. The van der Waals surface area contributed by atoms with E-state index in [2.05, 4.69) is 4.98 Å². The molecular formula is C12H16N4O3. The van der Waals surface area contributed by atoms with Gasteiger partial charge in [-0.05, 0) is 26.8 Å². The summed E-state index contributed by atoms with van der Waals surface area (Å²) in [5, 5.41) is 29.4. The van der Waals surface area contributed by atoms with Gasteiger partial charge < -0.3 is 10.0 Å². The monoisotopic (exact) mass is 264 g/mol. The Hall–Kier alpha value is -2.20. The average Bonchev–Trinajstić information content (AvgIpc) is 2.33. The summed E-state index contributed by atoms with van der Waals surface area (Å²) in [6, 6.07) is 4.46. The highest BCUT2D eigenvalue weighted by molar-refractivity contribution is 5.51. The summed E-state index contributed by atoms with van der Waals surface area (Å²) in [5.41, 5.74) is -1.46. The molecule has 0 fully saturated rings. The van der Waals surface area contributed by atoms with Crippen LogP contribution >= 0.6 is 0 Å². The van der Waals surface area contributed by atoms with Gasteiger partial charge in [-0.2, -0.15) is 5.26 Å². The predicted molar refractivity (Wildman–Crippen MR) is 69.8 cm³/mol. The number of aromatic nitrogens is 1. The summed E-state index contributed by atoms with van der Waals surface area (Å²) in [4.78, 5) is 15.8. The van der Waals surface area contributed by atoms with Gasteiger partial charge in [0, 0.05) is 19.2 Å². The van der Waals surface area contributed by atoms with E-state index >= 15 is 0 Å². The van der Waals surface area contributed by atoms with Crippen LogP contribution in [0.1, 0.15) is 26.5 Å². The molecule has 0 radical (unpaired) electrons. The lowest BCUT2D eigenvalue weighted by Crippen LogP contribution is -2.39. The molecule has 0 aliphatic rings. The number of hydrogen-bond acceptors (Lipinski definition) is 6. The molecule has 0 atom stereocenters. The second-order valence-corrected chi connectivity index (χ2v) is 4.73. The highest BCUT2D eigenvalue weighted by atomic mass is 16.6. The molecule has 102 valence electrons. The van der Waals surface area contributed by atoms with Crippen LogP contribution in [0.25, 0.3) is 0 Å². The summed E-state index contributed by atoms with van der Waals surface area (Å²) in [6.45, 7) is 6.08. The third-order valence-electron chi connectivity index (χ3n) is 2.45. The Kier molecular flexibility index (Phi) is 4.40. The van der Waals surface area contributed by atoms with Gasteiger partial charge in [-0.25, -0.2) is 4.98 Å². The van der Waals surface area contributed by atoms with Crippen LogP contribution in [-0.2, 0) is 0 Å². The topological polar surface area (TPSA) is 103 Å². The van der Waals surface area contributed by atoms with Gasteiger partial charge in [-0.3, -0.25) is 10.1 Å². The van der Waals surface area contributed by atoms with Crippen LogP contribution in [0.3, 0.4) is 0 Å². The van der Waals surface area contributed by atoms with Crippen molar-refractivity contribution in [2.75, 3.05) is 18.0 Å². The van der Waals surface area contributed by atoms with Crippen molar-refractivity contribution in [2.24, 2.45) is 0 Å². The van der Waals surface area contributed by atoms with Gasteiger partial charge in [-0.15, -0.1) is 0 Å². The van der Waals surface area contributed by atoms with E-state index in [4.69, 9.17) is 5.26 Å². The zero-order valence-corrected chi connectivity index (χ0v) is 11.1. The summed E-state index contributed by atoms with van der Waals surface area (Å²) in [6.07, 6.45) is 0. The van der Waals surface area contributed by atoms with Crippen LogP contribution < -0.4 is 4.90 Å². The van der Waals surface area contributed by atoms with Gasteiger partial charge in [0.2, 0.25) is 5.69 Å². The summed E-state index contributed by atoms with van der Waals surface area (Å²) in [5.74, 6) is 0.437. The molecule has 1 aromatic rings. The van der Waals surface area contributed by atoms with Gasteiger partial charge in [0.25, 0.3) is 0 Å². The molecule has 7 nitrogen and oxygen atoms in total. The van der Waals surface area contributed by atoms with Crippen LogP contribution in [0.2, 0.25) is 0 Å². The second kappa shape index (κ2) is 5.63. The molecule has 0 saturated heterocycles. The first kappa shape index (κ1) is 14.9. The van der Waals surface area contributed by atoms with E-state index in [-0.39, 0.29) is 11.4 Å². The lowest BCUT2D eigenvalue weighted by atomic mass is 10.1. The first-order valence-corrected chi connectivity index (χ1v) is 5.81.